The number of nitrogens with zero attached hydrogens (tertiary/aromatic N) is 1. The molecule has 0 aromatic heterocycles. The highest BCUT2D eigenvalue weighted by Crippen LogP contribution is 2.20. The number of benzene rings is 1. The number of aliphatic hydroxyl groups excluding tert-OH is 1. The molecule has 0 spiro atoms. The van der Waals surface area contributed by atoms with Gasteiger partial charge in [-0.15, -0.1) is 0 Å². The number of hydrogen-bond donors (Lipinski definition) is 1. The van der Waals surface area contributed by atoms with E-state index in [1.54, 1.807) is 4.90 Å². The summed E-state index contributed by atoms with van der Waals surface area (Å²) < 4.78 is 6.26. The van der Waals surface area contributed by atoms with Crippen molar-refractivity contribution in [2.75, 3.05) is 26.4 Å². The molecule has 1 atom stereocenters. The van der Waals surface area contributed by atoms with Crippen molar-refractivity contribution in [3.8, 4) is 0 Å². The van der Waals surface area contributed by atoms with Gasteiger partial charge in [-0.1, -0.05) is 12.1 Å². The van der Waals surface area contributed by atoms with Crippen molar-refractivity contribution in [2.24, 2.45) is 0 Å². The summed E-state index contributed by atoms with van der Waals surface area (Å²) in [4.78, 5) is 14.2. The van der Waals surface area contributed by atoms with Crippen molar-refractivity contribution in [1.82, 2.24) is 4.90 Å². The van der Waals surface area contributed by atoms with Crippen molar-refractivity contribution < 1.29 is 14.6 Å². The molecule has 2 rings (SSSR count). The van der Waals surface area contributed by atoms with Crippen LogP contribution in [-0.4, -0.2) is 48.3 Å². The van der Waals surface area contributed by atoms with Crippen LogP contribution >= 0.6 is 22.6 Å². The molecule has 18 heavy (non-hydrogen) atoms. The summed E-state index contributed by atoms with van der Waals surface area (Å²) >= 11 is 2.19. The molecule has 1 amide bonds. The molecular formula is C13H16INO3. The zero-order valence-corrected chi connectivity index (χ0v) is 12.4. The predicted molar refractivity (Wildman–Crippen MR) is 76.6 cm³/mol. The quantitative estimate of drug-likeness (QED) is 0.811. The van der Waals surface area contributed by atoms with Crippen LogP contribution in [0.15, 0.2) is 18.2 Å². The largest absolute Gasteiger partial charge is 0.394 e. The van der Waals surface area contributed by atoms with Gasteiger partial charge in [0.2, 0.25) is 0 Å². The minimum atomic E-state index is -0.234. The molecule has 1 aromatic rings. The molecule has 1 aromatic carbocycles. The van der Waals surface area contributed by atoms with Crippen molar-refractivity contribution in [2.45, 2.75) is 13.0 Å². The predicted octanol–water partition coefficient (Wildman–Crippen LogP) is 1.43. The SMILES string of the molecule is Cc1cccc(C(=O)N2CCOCC2CO)c1I. The van der Waals surface area contributed by atoms with Gasteiger partial charge in [-0.3, -0.25) is 4.79 Å². The molecule has 98 valence electrons. The molecule has 0 aliphatic carbocycles. The van der Waals surface area contributed by atoms with Crippen LogP contribution in [0.1, 0.15) is 15.9 Å². The first-order valence-corrected chi connectivity index (χ1v) is 6.97. The first-order valence-electron chi connectivity index (χ1n) is 5.90. The Kier molecular flexibility index (Phi) is 4.58. The topological polar surface area (TPSA) is 49.8 Å². The molecule has 1 aliphatic rings. The fourth-order valence-corrected chi connectivity index (χ4v) is 2.63. The lowest BCUT2D eigenvalue weighted by Crippen LogP contribution is -2.50. The molecular weight excluding hydrogens is 345 g/mol. The smallest absolute Gasteiger partial charge is 0.255 e. The molecule has 1 saturated heterocycles. The van der Waals surface area contributed by atoms with Crippen LogP contribution < -0.4 is 0 Å². The monoisotopic (exact) mass is 361 g/mol. The fraction of sp³-hybridized carbons (Fsp3) is 0.462. The number of halogens is 1. The third-order valence-corrected chi connectivity index (χ3v) is 4.55. The number of ether oxygens (including phenoxy) is 1. The van der Waals surface area contributed by atoms with Gasteiger partial charge in [0.1, 0.15) is 0 Å². The zero-order valence-electron chi connectivity index (χ0n) is 10.2. The Bertz CT molecular complexity index is 450. The lowest BCUT2D eigenvalue weighted by Gasteiger charge is -2.34. The molecule has 5 heteroatoms. The van der Waals surface area contributed by atoms with E-state index in [1.165, 1.54) is 0 Å². The first kappa shape index (κ1) is 13.8. The first-order chi connectivity index (χ1) is 8.65. The Hall–Kier alpha value is -0.660. The maximum Gasteiger partial charge on any atom is 0.255 e. The van der Waals surface area contributed by atoms with Crippen molar-refractivity contribution in [3.05, 3.63) is 32.9 Å². The lowest BCUT2D eigenvalue weighted by molar-refractivity contribution is -0.0184. The van der Waals surface area contributed by atoms with E-state index in [2.05, 4.69) is 22.6 Å². The Labute approximate surface area is 120 Å². The highest BCUT2D eigenvalue weighted by Gasteiger charge is 2.28. The number of carbonyl (C=O) groups excluding carboxylic acids is 1. The summed E-state index contributed by atoms with van der Waals surface area (Å²) in [6.07, 6.45) is 0. The van der Waals surface area contributed by atoms with Gasteiger partial charge in [0.25, 0.3) is 5.91 Å². The summed E-state index contributed by atoms with van der Waals surface area (Å²) in [6, 6.07) is 5.48. The van der Waals surface area contributed by atoms with Crippen LogP contribution in [0, 0.1) is 10.5 Å². The number of aryl methyl sites for hydroxylation is 1. The molecule has 0 bridgehead atoms. The van der Waals surface area contributed by atoms with E-state index in [-0.39, 0.29) is 18.6 Å². The van der Waals surface area contributed by atoms with Crippen LogP contribution in [-0.2, 0) is 4.74 Å². The molecule has 1 aliphatic heterocycles. The lowest BCUT2D eigenvalue weighted by atomic mass is 10.1. The Morgan fingerprint density at radius 1 is 1.61 bits per heavy atom. The van der Waals surface area contributed by atoms with Gasteiger partial charge in [-0.05, 0) is 41.1 Å². The van der Waals surface area contributed by atoms with Gasteiger partial charge < -0.3 is 14.7 Å². The average Bonchev–Trinajstić information content (AvgIpc) is 2.41. The molecule has 1 unspecified atom stereocenters. The van der Waals surface area contributed by atoms with E-state index in [0.717, 1.165) is 9.13 Å². The number of rotatable bonds is 2. The van der Waals surface area contributed by atoms with E-state index in [4.69, 9.17) is 4.74 Å². The average molecular weight is 361 g/mol. The highest BCUT2D eigenvalue weighted by atomic mass is 127. The maximum absolute atomic E-state index is 12.5. The number of amides is 1. The minimum Gasteiger partial charge on any atom is -0.394 e. The summed E-state index contributed by atoms with van der Waals surface area (Å²) in [7, 11) is 0. The van der Waals surface area contributed by atoms with E-state index >= 15 is 0 Å². The van der Waals surface area contributed by atoms with Gasteiger partial charge in [0.05, 0.1) is 31.4 Å². The van der Waals surface area contributed by atoms with E-state index < -0.39 is 0 Å². The Morgan fingerprint density at radius 2 is 2.39 bits per heavy atom. The van der Waals surface area contributed by atoms with E-state index in [0.29, 0.717) is 25.3 Å². The Morgan fingerprint density at radius 3 is 3.11 bits per heavy atom. The van der Waals surface area contributed by atoms with Crippen LogP contribution in [0.3, 0.4) is 0 Å². The molecule has 1 N–H and O–H groups in total. The van der Waals surface area contributed by atoms with Crippen molar-refractivity contribution in [3.63, 3.8) is 0 Å². The number of aliphatic hydroxyl groups is 1. The highest BCUT2D eigenvalue weighted by molar-refractivity contribution is 14.1. The number of morpholine rings is 1. The molecule has 0 radical (unpaired) electrons. The van der Waals surface area contributed by atoms with Crippen molar-refractivity contribution >= 4 is 28.5 Å². The zero-order chi connectivity index (χ0) is 13.1. The van der Waals surface area contributed by atoms with Gasteiger partial charge in [0, 0.05) is 10.1 Å². The van der Waals surface area contributed by atoms with Gasteiger partial charge in [-0.25, -0.2) is 0 Å². The third-order valence-electron chi connectivity index (χ3n) is 3.12. The van der Waals surface area contributed by atoms with Gasteiger partial charge >= 0.3 is 0 Å². The second-order valence-electron chi connectivity index (χ2n) is 4.35. The maximum atomic E-state index is 12.5. The van der Waals surface area contributed by atoms with Crippen molar-refractivity contribution in [1.29, 1.82) is 0 Å². The summed E-state index contributed by atoms with van der Waals surface area (Å²) in [5.41, 5.74) is 1.80. The second kappa shape index (κ2) is 5.99. The molecule has 0 saturated carbocycles. The normalized spacial score (nSPS) is 19.9. The standard InChI is InChI=1S/C13H16INO3/c1-9-3-2-4-11(12(9)14)13(17)15-5-6-18-8-10(15)7-16/h2-4,10,16H,5-8H2,1H3. The van der Waals surface area contributed by atoms with Crippen LogP contribution in [0.25, 0.3) is 0 Å². The number of carbonyl (C=O) groups is 1. The summed E-state index contributed by atoms with van der Waals surface area (Å²) in [6.45, 7) is 3.40. The van der Waals surface area contributed by atoms with Gasteiger partial charge in [0.15, 0.2) is 0 Å². The van der Waals surface area contributed by atoms with E-state index in [9.17, 15) is 9.90 Å². The molecule has 1 heterocycles. The van der Waals surface area contributed by atoms with Gasteiger partial charge in [-0.2, -0.15) is 0 Å². The fourth-order valence-electron chi connectivity index (χ4n) is 2.04. The summed E-state index contributed by atoms with van der Waals surface area (Å²) in [5, 5.41) is 9.31. The van der Waals surface area contributed by atoms with Crippen LogP contribution in [0.4, 0.5) is 0 Å². The third kappa shape index (κ3) is 2.67. The van der Waals surface area contributed by atoms with Crippen LogP contribution in [0.5, 0.6) is 0 Å². The summed E-state index contributed by atoms with van der Waals surface area (Å²) in [5.74, 6) is -0.0227. The number of hydrogen-bond acceptors (Lipinski definition) is 3. The van der Waals surface area contributed by atoms with Crippen LogP contribution in [0.2, 0.25) is 0 Å². The second-order valence-corrected chi connectivity index (χ2v) is 5.43. The minimum absolute atomic E-state index is 0.0227. The van der Waals surface area contributed by atoms with E-state index in [1.807, 2.05) is 25.1 Å². The Balaban J connectivity index is 2.27. The molecule has 1 fully saturated rings. The molecule has 4 nitrogen and oxygen atoms in total.